The van der Waals surface area contributed by atoms with E-state index in [1.807, 2.05) is 0 Å². The molecule has 0 aliphatic carbocycles. The Labute approximate surface area is 130 Å². The minimum atomic E-state index is -0.463. The van der Waals surface area contributed by atoms with Crippen molar-refractivity contribution in [2.24, 2.45) is 0 Å². The van der Waals surface area contributed by atoms with Crippen LogP contribution in [0.3, 0.4) is 0 Å². The predicted octanol–water partition coefficient (Wildman–Crippen LogP) is -1.02. The number of phenolic OH excluding ortho intramolecular Hbond substituents is 4. The summed E-state index contributed by atoms with van der Waals surface area (Å²) in [4.78, 5) is 0. The van der Waals surface area contributed by atoms with Crippen molar-refractivity contribution in [3.05, 3.63) is 30.3 Å². The van der Waals surface area contributed by atoms with Crippen LogP contribution < -0.4 is 35.0 Å². The number of phenols is 4. The average molecular weight is 272 g/mol. The van der Waals surface area contributed by atoms with Gasteiger partial charge in [0.2, 0.25) is 0 Å². The Morgan fingerprint density at radius 3 is 2.05 bits per heavy atom. The van der Waals surface area contributed by atoms with Crippen LogP contribution in [0, 0.1) is 0 Å². The summed E-state index contributed by atoms with van der Waals surface area (Å²) in [5, 5.41) is 47.4. The normalized spacial score (nSPS) is 9.74. The molecule has 0 amide bonds. The number of benzene rings is 2. The molecule has 2 aromatic rings. The van der Waals surface area contributed by atoms with Gasteiger partial charge in [-0.3, -0.25) is 10.7 Å². The summed E-state index contributed by atoms with van der Waals surface area (Å²) in [5.74, 6) is -1.42. The van der Waals surface area contributed by atoms with Crippen LogP contribution in [0.15, 0.2) is 30.3 Å². The molecule has 0 fully saturated rings. The molecule has 0 spiro atoms. The average Bonchev–Trinajstić information content (AvgIpc) is 2.36. The molecule has 0 atom stereocenters. The van der Waals surface area contributed by atoms with E-state index in [1.165, 1.54) is 30.3 Å². The number of anilines is 1. The summed E-state index contributed by atoms with van der Waals surface area (Å²) in [6.07, 6.45) is 0. The van der Waals surface area contributed by atoms with Crippen molar-refractivity contribution in [2.75, 3.05) is 5.48 Å². The molecular weight excluding hydrogens is 261 g/mol. The quantitative estimate of drug-likeness (QED) is 0.181. The molecule has 0 saturated heterocycles. The molecule has 7 heteroatoms. The molecule has 2 aromatic carbocycles. The van der Waals surface area contributed by atoms with Gasteiger partial charge in [0.05, 0.1) is 5.56 Å². The van der Waals surface area contributed by atoms with Crippen molar-refractivity contribution < 1.29 is 55.2 Å². The van der Waals surface area contributed by atoms with E-state index < -0.39 is 5.75 Å². The van der Waals surface area contributed by atoms with Crippen LogP contribution in [-0.4, -0.2) is 25.6 Å². The Kier molecular flexibility index (Phi) is 4.90. The predicted molar refractivity (Wildman–Crippen MR) is 63.9 cm³/mol. The van der Waals surface area contributed by atoms with Crippen LogP contribution in [0.2, 0.25) is 0 Å². The molecule has 0 heterocycles. The van der Waals surface area contributed by atoms with Crippen molar-refractivity contribution in [3.63, 3.8) is 0 Å². The summed E-state index contributed by atoms with van der Waals surface area (Å²) in [6, 6.07) is 6.52. The van der Waals surface area contributed by atoms with E-state index in [9.17, 15) is 20.4 Å². The summed E-state index contributed by atoms with van der Waals surface area (Å²) in [6.45, 7) is 0. The van der Waals surface area contributed by atoms with Crippen LogP contribution in [0.25, 0.3) is 11.1 Å². The zero-order chi connectivity index (χ0) is 13.3. The number of aromatic hydroxyl groups is 4. The van der Waals surface area contributed by atoms with Crippen LogP contribution in [-0.2, 0) is 0 Å². The van der Waals surface area contributed by atoms with E-state index in [2.05, 4.69) is 0 Å². The zero-order valence-corrected chi connectivity index (χ0v) is 12.1. The molecule has 0 aliphatic heterocycles. The molecule has 6 N–H and O–H groups in total. The molecule has 0 bridgehead atoms. The summed E-state index contributed by atoms with van der Waals surface area (Å²) in [7, 11) is 0. The topological polar surface area (TPSA) is 113 Å². The van der Waals surface area contributed by atoms with E-state index in [0.29, 0.717) is 0 Å². The van der Waals surface area contributed by atoms with Gasteiger partial charge < -0.3 is 20.4 Å². The van der Waals surface area contributed by atoms with Crippen LogP contribution in [0.4, 0.5) is 5.69 Å². The van der Waals surface area contributed by atoms with Gasteiger partial charge in [-0.15, -0.1) is 0 Å². The third kappa shape index (κ3) is 2.71. The third-order valence-corrected chi connectivity index (χ3v) is 2.56. The van der Waals surface area contributed by atoms with Crippen LogP contribution >= 0.6 is 0 Å². The minimum absolute atomic E-state index is 0. The van der Waals surface area contributed by atoms with Crippen molar-refractivity contribution in [3.8, 4) is 34.1 Å². The molecule has 2 rings (SSSR count). The Hall–Kier alpha value is -1.60. The van der Waals surface area contributed by atoms with Crippen molar-refractivity contribution >= 4 is 5.69 Å². The Bertz CT molecular complexity index is 603. The summed E-state index contributed by atoms with van der Waals surface area (Å²) in [5.41, 5.74) is 1.62. The molecule has 0 aromatic heterocycles. The zero-order valence-electron chi connectivity index (χ0n) is 10.1. The van der Waals surface area contributed by atoms with Crippen molar-refractivity contribution in [1.29, 1.82) is 0 Å². The Morgan fingerprint density at radius 1 is 0.789 bits per heavy atom. The molecule has 6 nitrogen and oxygen atoms in total. The van der Waals surface area contributed by atoms with Crippen molar-refractivity contribution in [1.82, 2.24) is 0 Å². The van der Waals surface area contributed by atoms with Crippen molar-refractivity contribution in [2.45, 2.75) is 0 Å². The fourth-order valence-corrected chi connectivity index (χ4v) is 1.70. The maximum Gasteiger partial charge on any atom is 1.00 e. The minimum Gasteiger partial charge on any atom is -0.507 e. The molecular formula is C12H11NNaO5+. The van der Waals surface area contributed by atoms with Gasteiger partial charge in [0.1, 0.15) is 17.2 Å². The van der Waals surface area contributed by atoms with Gasteiger partial charge in [-0.25, -0.2) is 0 Å². The maximum absolute atomic E-state index is 9.76. The molecule has 19 heavy (non-hydrogen) atoms. The SMILES string of the molecule is ONc1c(O)ccc(O)c1-c1cccc(O)c1O.[Na+]. The fraction of sp³-hybridized carbons (Fsp3) is 0. The van der Waals surface area contributed by atoms with Gasteiger partial charge in [-0.05, 0) is 18.2 Å². The maximum atomic E-state index is 9.76. The fourth-order valence-electron chi connectivity index (χ4n) is 1.70. The number of hydrogen-bond donors (Lipinski definition) is 6. The Morgan fingerprint density at radius 2 is 1.42 bits per heavy atom. The van der Waals surface area contributed by atoms with E-state index in [4.69, 9.17) is 5.21 Å². The van der Waals surface area contributed by atoms with Crippen LogP contribution in [0.5, 0.6) is 23.0 Å². The molecule has 0 radical (unpaired) electrons. The largest absolute Gasteiger partial charge is 1.00 e. The first-order valence-corrected chi connectivity index (χ1v) is 5.02. The first-order valence-electron chi connectivity index (χ1n) is 5.02. The van der Waals surface area contributed by atoms with Gasteiger partial charge in [0.15, 0.2) is 11.5 Å². The second kappa shape index (κ2) is 6.03. The first kappa shape index (κ1) is 15.5. The van der Waals surface area contributed by atoms with E-state index >= 15 is 0 Å². The summed E-state index contributed by atoms with van der Waals surface area (Å²) < 4.78 is 0. The van der Waals surface area contributed by atoms with Gasteiger partial charge in [0, 0.05) is 5.56 Å². The standard InChI is InChI=1S/C12H11NO5.Na/c14-7-4-5-8(15)11(13-18)10(7)6-2-1-3-9(16)12(6)17;/h1-5,13-18H;/q;+1. The van der Waals surface area contributed by atoms with E-state index in [1.54, 1.807) is 5.48 Å². The molecule has 0 aliphatic rings. The molecule has 0 unspecified atom stereocenters. The molecule has 0 saturated carbocycles. The van der Waals surface area contributed by atoms with Gasteiger partial charge >= 0.3 is 29.6 Å². The number of hydrogen-bond acceptors (Lipinski definition) is 6. The van der Waals surface area contributed by atoms with E-state index in [-0.39, 0.29) is 63.6 Å². The third-order valence-electron chi connectivity index (χ3n) is 2.56. The first-order chi connectivity index (χ1) is 8.56. The van der Waals surface area contributed by atoms with Gasteiger partial charge in [-0.1, -0.05) is 12.1 Å². The number of para-hydroxylation sites is 1. The Balaban J connectivity index is 0.00000180. The second-order valence-corrected chi connectivity index (χ2v) is 3.64. The smallest absolute Gasteiger partial charge is 0.507 e. The van der Waals surface area contributed by atoms with Gasteiger partial charge in [0.25, 0.3) is 0 Å². The number of rotatable bonds is 2. The monoisotopic (exact) mass is 272 g/mol. The summed E-state index contributed by atoms with van der Waals surface area (Å²) >= 11 is 0. The van der Waals surface area contributed by atoms with E-state index in [0.717, 1.165) is 0 Å². The number of nitrogens with one attached hydrogen (secondary N) is 1. The van der Waals surface area contributed by atoms with Gasteiger partial charge in [-0.2, -0.15) is 0 Å². The second-order valence-electron chi connectivity index (χ2n) is 3.64. The molecule has 94 valence electrons. The van der Waals surface area contributed by atoms with Crippen LogP contribution in [0.1, 0.15) is 0 Å².